The first-order valence-corrected chi connectivity index (χ1v) is 8.80. The summed E-state index contributed by atoms with van der Waals surface area (Å²) in [5, 5.41) is 10.4. The zero-order valence-electron chi connectivity index (χ0n) is 14.1. The summed E-state index contributed by atoms with van der Waals surface area (Å²) in [4.78, 5) is 15.9. The number of aliphatic hydroxyl groups is 1. The lowest BCUT2D eigenvalue weighted by molar-refractivity contribution is -0.129. The number of amides is 1. The molecule has 23 heavy (non-hydrogen) atoms. The van der Waals surface area contributed by atoms with Gasteiger partial charge in [-0.1, -0.05) is 37.3 Å². The molecule has 0 aromatic heterocycles. The minimum Gasteiger partial charge on any atom is -0.390 e. The van der Waals surface area contributed by atoms with Crippen molar-refractivity contribution in [1.29, 1.82) is 0 Å². The molecule has 2 aliphatic heterocycles. The first kappa shape index (κ1) is 16.5. The molecule has 2 heterocycles. The van der Waals surface area contributed by atoms with Crippen LogP contribution in [0.3, 0.4) is 0 Å². The maximum absolute atomic E-state index is 11.7. The zero-order valence-corrected chi connectivity index (χ0v) is 14.1. The van der Waals surface area contributed by atoms with Gasteiger partial charge in [-0.3, -0.25) is 9.69 Å². The summed E-state index contributed by atoms with van der Waals surface area (Å²) in [5.74, 6) is 0.191. The quantitative estimate of drug-likeness (QED) is 0.904. The molecule has 2 fully saturated rings. The van der Waals surface area contributed by atoms with Gasteiger partial charge in [0, 0.05) is 38.0 Å². The number of hydrogen-bond donors (Lipinski definition) is 1. The predicted octanol–water partition coefficient (Wildman–Crippen LogP) is 2.02. The van der Waals surface area contributed by atoms with Crippen molar-refractivity contribution in [3.05, 3.63) is 35.9 Å². The summed E-state index contributed by atoms with van der Waals surface area (Å²) in [6, 6.07) is 10.7. The Labute approximate surface area is 139 Å². The lowest BCUT2D eigenvalue weighted by Gasteiger charge is -2.42. The number of likely N-dealkylation sites (tertiary alicyclic amines) is 2. The van der Waals surface area contributed by atoms with Crippen LogP contribution in [-0.2, 0) is 10.2 Å². The van der Waals surface area contributed by atoms with Crippen molar-refractivity contribution in [2.45, 2.75) is 44.1 Å². The molecule has 0 bridgehead atoms. The fraction of sp³-hybridized carbons (Fsp3) is 0.632. The molecule has 2 saturated heterocycles. The molecule has 0 radical (unpaired) electrons. The molecule has 2 aliphatic rings. The van der Waals surface area contributed by atoms with E-state index in [0.29, 0.717) is 19.5 Å². The standard InChI is InChI=1S/C19H28N2O2/c1-19(16-7-3-2-4-8-16)10-6-11-20(15-19)13-17(22)14-21-12-5-9-18(21)23/h2-4,7-8,17,22H,5-6,9-15H2,1H3. The topological polar surface area (TPSA) is 43.8 Å². The Bertz CT molecular complexity index is 533. The third kappa shape index (κ3) is 3.93. The number of carbonyl (C=O) groups excluding carboxylic acids is 1. The number of β-amino-alcohol motifs (C(OH)–C–C–N with tert-alkyl or cyclic N) is 1. The first-order valence-electron chi connectivity index (χ1n) is 8.80. The van der Waals surface area contributed by atoms with Crippen molar-refractivity contribution in [1.82, 2.24) is 9.80 Å². The highest BCUT2D eigenvalue weighted by molar-refractivity contribution is 5.78. The van der Waals surface area contributed by atoms with Gasteiger partial charge in [-0.05, 0) is 31.4 Å². The molecule has 1 amide bonds. The summed E-state index contributed by atoms with van der Waals surface area (Å²) in [5.41, 5.74) is 1.54. The number of benzene rings is 1. The fourth-order valence-electron chi connectivity index (χ4n) is 4.08. The lowest BCUT2D eigenvalue weighted by Crippen LogP contribution is -2.48. The highest BCUT2D eigenvalue weighted by Crippen LogP contribution is 2.33. The monoisotopic (exact) mass is 316 g/mol. The van der Waals surface area contributed by atoms with Gasteiger partial charge in [-0.15, -0.1) is 0 Å². The van der Waals surface area contributed by atoms with Crippen molar-refractivity contribution in [3.8, 4) is 0 Å². The van der Waals surface area contributed by atoms with Crippen molar-refractivity contribution < 1.29 is 9.90 Å². The van der Waals surface area contributed by atoms with Crippen LogP contribution in [-0.4, -0.2) is 59.6 Å². The summed E-state index contributed by atoms with van der Waals surface area (Å²) < 4.78 is 0. The number of nitrogens with zero attached hydrogens (tertiary/aromatic N) is 2. The third-order valence-electron chi connectivity index (χ3n) is 5.32. The van der Waals surface area contributed by atoms with Crippen LogP contribution in [0, 0.1) is 0 Å². The van der Waals surface area contributed by atoms with Crippen molar-refractivity contribution in [2.24, 2.45) is 0 Å². The van der Waals surface area contributed by atoms with E-state index < -0.39 is 6.10 Å². The highest BCUT2D eigenvalue weighted by Gasteiger charge is 2.33. The van der Waals surface area contributed by atoms with Gasteiger partial charge in [0.05, 0.1) is 6.10 Å². The van der Waals surface area contributed by atoms with Gasteiger partial charge in [0.15, 0.2) is 0 Å². The molecule has 2 atom stereocenters. The van der Waals surface area contributed by atoms with E-state index in [0.717, 1.165) is 32.5 Å². The van der Waals surface area contributed by atoms with Gasteiger partial charge in [0.1, 0.15) is 0 Å². The van der Waals surface area contributed by atoms with Crippen LogP contribution in [0.2, 0.25) is 0 Å². The fourth-order valence-corrected chi connectivity index (χ4v) is 4.08. The molecule has 2 unspecified atom stereocenters. The molecule has 126 valence electrons. The Morgan fingerprint density at radius 2 is 1.96 bits per heavy atom. The first-order chi connectivity index (χ1) is 11.1. The van der Waals surface area contributed by atoms with E-state index >= 15 is 0 Å². The smallest absolute Gasteiger partial charge is 0.222 e. The number of piperidine rings is 1. The molecule has 0 aliphatic carbocycles. The van der Waals surface area contributed by atoms with E-state index in [2.05, 4.69) is 42.2 Å². The number of aliphatic hydroxyl groups excluding tert-OH is 1. The van der Waals surface area contributed by atoms with Crippen LogP contribution in [0.5, 0.6) is 0 Å². The average molecular weight is 316 g/mol. The van der Waals surface area contributed by atoms with Crippen LogP contribution in [0.25, 0.3) is 0 Å². The second kappa shape index (κ2) is 7.02. The van der Waals surface area contributed by atoms with Crippen molar-refractivity contribution >= 4 is 5.91 Å². The largest absolute Gasteiger partial charge is 0.390 e. The van der Waals surface area contributed by atoms with Gasteiger partial charge in [-0.2, -0.15) is 0 Å². The molecule has 3 rings (SSSR count). The summed E-state index contributed by atoms with van der Waals surface area (Å²) in [6.07, 6.45) is 3.47. The van der Waals surface area contributed by atoms with Crippen LogP contribution >= 0.6 is 0 Å². The molecule has 1 aromatic carbocycles. The molecule has 0 spiro atoms. The van der Waals surface area contributed by atoms with Crippen LogP contribution in [0.15, 0.2) is 30.3 Å². The molecule has 4 nitrogen and oxygen atoms in total. The van der Waals surface area contributed by atoms with Gasteiger partial charge < -0.3 is 10.0 Å². The van der Waals surface area contributed by atoms with Gasteiger partial charge in [0.25, 0.3) is 0 Å². The Morgan fingerprint density at radius 1 is 1.17 bits per heavy atom. The summed E-state index contributed by atoms with van der Waals surface area (Å²) in [7, 11) is 0. The Kier molecular flexibility index (Phi) is 5.02. The van der Waals surface area contributed by atoms with E-state index in [4.69, 9.17) is 0 Å². The molecule has 0 saturated carbocycles. The van der Waals surface area contributed by atoms with E-state index in [1.807, 2.05) is 4.90 Å². The highest BCUT2D eigenvalue weighted by atomic mass is 16.3. The van der Waals surface area contributed by atoms with E-state index in [9.17, 15) is 9.90 Å². The van der Waals surface area contributed by atoms with Crippen molar-refractivity contribution in [2.75, 3.05) is 32.7 Å². The van der Waals surface area contributed by atoms with Crippen LogP contribution in [0.4, 0.5) is 0 Å². The van der Waals surface area contributed by atoms with E-state index in [1.54, 1.807) is 0 Å². The minimum absolute atomic E-state index is 0.155. The van der Waals surface area contributed by atoms with Crippen molar-refractivity contribution in [3.63, 3.8) is 0 Å². The maximum atomic E-state index is 11.7. The van der Waals surface area contributed by atoms with Gasteiger partial charge in [-0.25, -0.2) is 0 Å². The molecule has 4 heteroatoms. The molecular formula is C19H28N2O2. The average Bonchev–Trinajstić information content (AvgIpc) is 2.93. The third-order valence-corrected chi connectivity index (χ3v) is 5.32. The zero-order chi connectivity index (χ0) is 16.3. The number of carbonyl (C=O) groups is 1. The number of rotatable bonds is 5. The number of hydrogen-bond acceptors (Lipinski definition) is 3. The summed E-state index contributed by atoms with van der Waals surface area (Å²) in [6.45, 7) is 6.28. The van der Waals surface area contributed by atoms with E-state index in [-0.39, 0.29) is 11.3 Å². The Balaban J connectivity index is 1.57. The second-order valence-corrected chi connectivity index (χ2v) is 7.36. The van der Waals surface area contributed by atoms with Gasteiger partial charge in [0.2, 0.25) is 5.91 Å². The van der Waals surface area contributed by atoms with Crippen LogP contribution < -0.4 is 0 Å². The molecular weight excluding hydrogens is 288 g/mol. The lowest BCUT2D eigenvalue weighted by atomic mass is 9.76. The Hall–Kier alpha value is -1.39. The SMILES string of the molecule is CC1(c2ccccc2)CCCN(CC(O)CN2CCCC2=O)C1. The normalized spacial score (nSPS) is 27.4. The summed E-state index contributed by atoms with van der Waals surface area (Å²) >= 11 is 0. The molecule has 1 aromatic rings. The second-order valence-electron chi connectivity index (χ2n) is 7.36. The Morgan fingerprint density at radius 3 is 2.65 bits per heavy atom. The van der Waals surface area contributed by atoms with Gasteiger partial charge >= 0.3 is 0 Å². The molecule has 1 N–H and O–H groups in total. The van der Waals surface area contributed by atoms with Crippen LogP contribution in [0.1, 0.15) is 38.2 Å². The minimum atomic E-state index is -0.449. The predicted molar refractivity (Wildman–Crippen MR) is 91.3 cm³/mol. The van der Waals surface area contributed by atoms with E-state index in [1.165, 1.54) is 12.0 Å². The maximum Gasteiger partial charge on any atom is 0.222 e.